The van der Waals surface area contributed by atoms with Crippen molar-refractivity contribution in [3.8, 4) is 23.0 Å². The van der Waals surface area contributed by atoms with Gasteiger partial charge in [0, 0.05) is 30.4 Å². The van der Waals surface area contributed by atoms with E-state index in [1.807, 2.05) is 43.3 Å². The fourth-order valence-corrected chi connectivity index (χ4v) is 7.29. The normalized spacial score (nSPS) is 15.1. The molecule has 40 heavy (non-hydrogen) atoms. The molecule has 4 aromatic rings. The van der Waals surface area contributed by atoms with E-state index in [1.54, 1.807) is 47.3 Å². The Morgan fingerprint density at radius 1 is 0.850 bits per heavy atom. The second-order valence-electron chi connectivity index (χ2n) is 9.64. The molecule has 1 aliphatic heterocycles. The van der Waals surface area contributed by atoms with Gasteiger partial charge < -0.3 is 0 Å². The number of nitrogens with zero attached hydrogens (tertiary/aromatic N) is 4. The van der Waals surface area contributed by atoms with Crippen LogP contribution in [0.5, 0.6) is 0 Å². The molecule has 0 bridgehead atoms. The van der Waals surface area contributed by atoms with Gasteiger partial charge in [-0.3, -0.25) is 0 Å². The Labute approximate surface area is 234 Å². The summed E-state index contributed by atoms with van der Waals surface area (Å²) in [6.07, 6.45) is 5.68. The quantitative estimate of drug-likeness (QED) is 0.276. The van der Waals surface area contributed by atoms with E-state index in [9.17, 15) is 22.1 Å². The summed E-state index contributed by atoms with van der Waals surface area (Å²) < 4.78 is 56.0. The van der Waals surface area contributed by atoms with Crippen molar-refractivity contribution < 1.29 is 16.8 Å². The average molecular weight is 573 g/mol. The third-order valence-corrected chi connectivity index (χ3v) is 10.5. The van der Waals surface area contributed by atoms with Crippen LogP contribution < -0.4 is 0 Å². The summed E-state index contributed by atoms with van der Waals surface area (Å²) in [6.45, 7) is 2.87. The first-order valence-electron chi connectivity index (χ1n) is 12.9. The summed E-state index contributed by atoms with van der Waals surface area (Å²) in [5.74, 6) is 0. The predicted octanol–water partition coefficient (Wildman–Crippen LogP) is 5.36. The van der Waals surface area contributed by atoms with Crippen molar-refractivity contribution in [1.29, 1.82) is 5.26 Å². The van der Waals surface area contributed by atoms with Gasteiger partial charge in [0.15, 0.2) is 0 Å². The molecule has 0 unspecified atom stereocenters. The third-order valence-electron chi connectivity index (χ3n) is 6.86. The summed E-state index contributed by atoms with van der Waals surface area (Å²) in [4.78, 5) is -0.206. The van der Waals surface area contributed by atoms with Crippen molar-refractivity contribution in [3.63, 3.8) is 0 Å². The molecule has 1 saturated heterocycles. The number of aromatic nitrogens is 2. The van der Waals surface area contributed by atoms with Gasteiger partial charge in [0.2, 0.25) is 19.9 Å². The Morgan fingerprint density at radius 2 is 1.48 bits per heavy atom. The van der Waals surface area contributed by atoms with E-state index < -0.39 is 24.8 Å². The van der Waals surface area contributed by atoms with Crippen LogP contribution in [-0.2, 0) is 19.9 Å². The van der Waals surface area contributed by atoms with E-state index in [0.717, 1.165) is 30.5 Å². The number of hydrogen-bond donors (Lipinski definition) is 0. The van der Waals surface area contributed by atoms with Gasteiger partial charge in [-0.25, -0.2) is 21.5 Å². The molecule has 1 aliphatic rings. The lowest BCUT2D eigenvalue weighted by Gasteiger charge is -2.25. The van der Waals surface area contributed by atoms with Gasteiger partial charge in [0.05, 0.1) is 15.5 Å². The molecule has 0 N–H and O–H groups in total. The zero-order valence-electron chi connectivity index (χ0n) is 21.9. The third kappa shape index (κ3) is 5.49. The standard InChI is InChI=1S/C30H28N4O4S2/c1-23-10-14-27(15-11-23)39(35,36)29(21-31)20-25-22-34(26-8-4-2-5-9-26)32-30(25)24-12-16-28(17-13-24)40(37,38)33-18-6-3-7-19-33/h2,4-5,8-17,20,22H,3,6-7,18-19H2,1H3/b29-20+. The highest BCUT2D eigenvalue weighted by atomic mass is 32.2. The highest BCUT2D eigenvalue weighted by molar-refractivity contribution is 7.95. The highest BCUT2D eigenvalue weighted by Gasteiger charge is 2.26. The van der Waals surface area contributed by atoms with Gasteiger partial charge in [0.1, 0.15) is 16.7 Å². The number of aryl methyl sites for hydroxylation is 1. The molecule has 0 radical (unpaired) electrons. The predicted molar refractivity (Wildman–Crippen MR) is 154 cm³/mol. The molecule has 5 rings (SSSR count). The Bertz CT molecular complexity index is 1800. The smallest absolute Gasteiger partial charge is 0.240 e. The molecule has 1 aromatic heterocycles. The van der Waals surface area contributed by atoms with Gasteiger partial charge in [0.25, 0.3) is 0 Å². The molecule has 10 heteroatoms. The Morgan fingerprint density at radius 3 is 2.10 bits per heavy atom. The molecule has 0 saturated carbocycles. The highest BCUT2D eigenvalue weighted by Crippen LogP contribution is 2.30. The minimum absolute atomic E-state index is 0.0233. The number of nitriles is 1. The molecule has 2 heterocycles. The first kappa shape index (κ1) is 27.5. The average Bonchev–Trinajstić information content (AvgIpc) is 3.41. The largest absolute Gasteiger partial charge is 0.243 e. The van der Waals surface area contributed by atoms with E-state index in [-0.39, 0.29) is 9.79 Å². The maximum absolute atomic E-state index is 13.3. The molecule has 204 valence electrons. The van der Waals surface area contributed by atoms with Crippen LogP contribution in [0.25, 0.3) is 23.0 Å². The van der Waals surface area contributed by atoms with Crippen molar-refractivity contribution in [1.82, 2.24) is 14.1 Å². The van der Waals surface area contributed by atoms with Crippen LogP contribution in [-0.4, -0.2) is 44.0 Å². The van der Waals surface area contributed by atoms with Crippen LogP contribution in [0.4, 0.5) is 0 Å². The number of sulfone groups is 1. The molecule has 0 amide bonds. The van der Waals surface area contributed by atoms with Gasteiger partial charge in [-0.1, -0.05) is 54.4 Å². The monoisotopic (exact) mass is 572 g/mol. The lowest BCUT2D eigenvalue weighted by atomic mass is 10.1. The summed E-state index contributed by atoms with van der Waals surface area (Å²) in [5.41, 5.74) is 3.05. The van der Waals surface area contributed by atoms with Crippen LogP contribution in [0.3, 0.4) is 0 Å². The molecular formula is C30H28N4O4S2. The van der Waals surface area contributed by atoms with Crippen molar-refractivity contribution in [2.24, 2.45) is 0 Å². The van der Waals surface area contributed by atoms with Crippen LogP contribution in [0, 0.1) is 18.3 Å². The summed E-state index contributed by atoms with van der Waals surface area (Å²) in [5, 5.41) is 14.6. The van der Waals surface area contributed by atoms with Crippen LogP contribution in [0.2, 0.25) is 0 Å². The van der Waals surface area contributed by atoms with Crippen molar-refractivity contribution in [3.05, 3.63) is 101 Å². The van der Waals surface area contributed by atoms with E-state index in [4.69, 9.17) is 5.10 Å². The number of rotatable bonds is 7. The topological polar surface area (TPSA) is 113 Å². The van der Waals surface area contributed by atoms with Gasteiger partial charge in [-0.15, -0.1) is 0 Å². The number of allylic oxidation sites excluding steroid dienone is 1. The summed E-state index contributed by atoms with van der Waals surface area (Å²) in [7, 11) is -7.69. The van der Waals surface area contributed by atoms with Gasteiger partial charge in [-0.05, 0) is 62.2 Å². The number of piperidine rings is 1. The molecule has 1 fully saturated rings. The maximum Gasteiger partial charge on any atom is 0.243 e. The SMILES string of the molecule is Cc1ccc(S(=O)(=O)/C(C#N)=C/c2cn(-c3ccccc3)nc2-c2ccc(S(=O)(=O)N3CCCCC3)cc2)cc1. The van der Waals surface area contributed by atoms with Crippen LogP contribution in [0.15, 0.2) is 99.8 Å². The number of para-hydroxylation sites is 1. The zero-order chi connectivity index (χ0) is 28.3. The number of benzene rings is 3. The lowest BCUT2D eigenvalue weighted by Crippen LogP contribution is -2.35. The molecule has 0 aliphatic carbocycles. The van der Waals surface area contributed by atoms with Crippen LogP contribution in [0.1, 0.15) is 30.4 Å². The lowest BCUT2D eigenvalue weighted by molar-refractivity contribution is 0.346. The van der Waals surface area contributed by atoms with Crippen LogP contribution >= 0.6 is 0 Å². The Hall–Kier alpha value is -4.04. The minimum Gasteiger partial charge on any atom is -0.240 e. The second kappa shape index (κ2) is 11.2. The van der Waals surface area contributed by atoms with E-state index in [2.05, 4.69) is 0 Å². The number of hydrogen-bond acceptors (Lipinski definition) is 6. The van der Waals surface area contributed by atoms with E-state index >= 15 is 0 Å². The molecule has 0 spiro atoms. The van der Waals surface area contributed by atoms with Gasteiger partial charge in [-0.2, -0.15) is 14.7 Å². The van der Waals surface area contributed by atoms with E-state index in [0.29, 0.717) is 29.9 Å². The molecule has 0 atom stereocenters. The van der Waals surface area contributed by atoms with Crippen molar-refractivity contribution >= 4 is 25.9 Å². The van der Waals surface area contributed by atoms with E-state index in [1.165, 1.54) is 22.5 Å². The first-order chi connectivity index (χ1) is 19.2. The summed E-state index contributed by atoms with van der Waals surface area (Å²) >= 11 is 0. The molecule has 8 nitrogen and oxygen atoms in total. The van der Waals surface area contributed by atoms with Crippen molar-refractivity contribution in [2.75, 3.05) is 13.1 Å². The van der Waals surface area contributed by atoms with Crippen molar-refractivity contribution in [2.45, 2.75) is 36.0 Å². The molecular weight excluding hydrogens is 544 g/mol. The second-order valence-corrected chi connectivity index (χ2v) is 13.5. The fourth-order valence-electron chi connectivity index (χ4n) is 4.62. The Balaban J connectivity index is 1.58. The number of sulfonamides is 1. The maximum atomic E-state index is 13.3. The van der Waals surface area contributed by atoms with Gasteiger partial charge >= 0.3 is 0 Å². The fraction of sp³-hybridized carbons (Fsp3) is 0.200. The molecule has 3 aromatic carbocycles. The Kier molecular flexibility index (Phi) is 7.72. The summed E-state index contributed by atoms with van der Waals surface area (Å²) in [6, 6.07) is 23.9. The first-order valence-corrected chi connectivity index (χ1v) is 15.8. The zero-order valence-corrected chi connectivity index (χ0v) is 23.6. The minimum atomic E-state index is -4.08.